The van der Waals surface area contributed by atoms with E-state index in [1.165, 1.54) is 0 Å². The lowest BCUT2D eigenvalue weighted by atomic mass is 10.0. The summed E-state index contributed by atoms with van der Waals surface area (Å²) in [5.74, 6) is 0.748. The van der Waals surface area contributed by atoms with E-state index in [0.717, 1.165) is 11.3 Å². The molecule has 1 rings (SSSR count). The minimum Gasteiger partial charge on any atom is -0.497 e. The van der Waals surface area contributed by atoms with Crippen LogP contribution in [0.15, 0.2) is 24.3 Å². The van der Waals surface area contributed by atoms with Crippen LogP contribution in [0.5, 0.6) is 5.75 Å². The Labute approximate surface area is 89.3 Å². The topological polar surface area (TPSA) is 75.7 Å². The third-order valence-electron chi connectivity index (χ3n) is 2.26. The second-order valence-corrected chi connectivity index (χ2v) is 3.47. The number of rotatable bonds is 5. The summed E-state index contributed by atoms with van der Waals surface area (Å²) in [7, 11) is 1.59. The molecule has 1 aromatic carbocycles. The van der Waals surface area contributed by atoms with Gasteiger partial charge in [0.1, 0.15) is 5.75 Å². The Morgan fingerprint density at radius 1 is 1.33 bits per heavy atom. The van der Waals surface area contributed by atoms with Crippen molar-refractivity contribution in [2.45, 2.75) is 18.6 Å². The summed E-state index contributed by atoms with van der Waals surface area (Å²) >= 11 is 0. The van der Waals surface area contributed by atoms with Gasteiger partial charge in [-0.2, -0.15) is 0 Å². The summed E-state index contributed by atoms with van der Waals surface area (Å²) in [6, 6.07) is 6.75. The van der Waals surface area contributed by atoms with Crippen LogP contribution < -0.4 is 10.5 Å². The number of hydrogen-bond donors (Lipinski definition) is 3. The summed E-state index contributed by atoms with van der Waals surface area (Å²) < 4.78 is 5.00. The molecule has 0 saturated heterocycles. The zero-order valence-corrected chi connectivity index (χ0v) is 8.76. The normalized spacial score (nSPS) is 14.7. The van der Waals surface area contributed by atoms with E-state index in [0.29, 0.717) is 6.42 Å². The van der Waals surface area contributed by atoms with Crippen LogP contribution in [0.4, 0.5) is 0 Å². The maximum Gasteiger partial charge on any atom is 0.118 e. The minimum atomic E-state index is -0.641. The minimum absolute atomic E-state index is 0.118. The largest absolute Gasteiger partial charge is 0.497 e. The fourth-order valence-corrected chi connectivity index (χ4v) is 1.32. The van der Waals surface area contributed by atoms with Gasteiger partial charge < -0.3 is 20.7 Å². The van der Waals surface area contributed by atoms with E-state index in [9.17, 15) is 5.11 Å². The predicted molar refractivity (Wildman–Crippen MR) is 57.6 cm³/mol. The molecule has 0 aromatic heterocycles. The first-order valence-electron chi connectivity index (χ1n) is 4.85. The van der Waals surface area contributed by atoms with Crippen molar-refractivity contribution in [2.24, 2.45) is 5.73 Å². The number of methoxy groups -OCH3 is 1. The lowest BCUT2D eigenvalue weighted by Gasteiger charge is -2.15. The number of ether oxygens (including phenoxy) is 1. The first-order valence-corrected chi connectivity index (χ1v) is 4.85. The van der Waals surface area contributed by atoms with E-state index in [4.69, 9.17) is 15.6 Å². The van der Waals surface area contributed by atoms with Crippen molar-refractivity contribution in [1.29, 1.82) is 0 Å². The Balaban J connectivity index is 2.61. The number of aliphatic hydroxyl groups is 2. The summed E-state index contributed by atoms with van der Waals surface area (Å²) in [5, 5.41) is 18.5. The van der Waals surface area contributed by atoms with Gasteiger partial charge in [-0.3, -0.25) is 0 Å². The molecule has 0 saturated carbocycles. The van der Waals surface area contributed by atoms with Crippen molar-refractivity contribution in [2.75, 3.05) is 13.7 Å². The first-order chi connectivity index (χ1) is 7.17. The Hall–Kier alpha value is -1.10. The van der Waals surface area contributed by atoms with Crippen molar-refractivity contribution in [3.63, 3.8) is 0 Å². The van der Waals surface area contributed by atoms with Gasteiger partial charge in [-0.25, -0.2) is 0 Å². The summed E-state index contributed by atoms with van der Waals surface area (Å²) in [6.07, 6.45) is -0.291. The van der Waals surface area contributed by atoms with Crippen molar-refractivity contribution in [3.05, 3.63) is 29.8 Å². The number of benzene rings is 1. The molecule has 0 unspecified atom stereocenters. The average Bonchev–Trinajstić information content (AvgIpc) is 2.29. The fourth-order valence-electron chi connectivity index (χ4n) is 1.32. The summed E-state index contributed by atoms with van der Waals surface area (Å²) in [5.41, 5.74) is 6.31. The molecule has 4 heteroatoms. The lowest BCUT2D eigenvalue weighted by Crippen LogP contribution is -2.26. The maximum absolute atomic E-state index is 9.75. The molecule has 0 aliphatic rings. The van der Waals surface area contributed by atoms with Gasteiger partial charge in [0.25, 0.3) is 0 Å². The highest BCUT2D eigenvalue weighted by molar-refractivity contribution is 5.28. The van der Waals surface area contributed by atoms with Gasteiger partial charge in [-0.15, -0.1) is 0 Å². The van der Waals surface area contributed by atoms with Crippen LogP contribution in [0, 0.1) is 0 Å². The molecular formula is C11H17NO3. The van der Waals surface area contributed by atoms with E-state index in [-0.39, 0.29) is 12.6 Å². The molecule has 1 aromatic rings. The van der Waals surface area contributed by atoms with Crippen molar-refractivity contribution in [3.8, 4) is 5.75 Å². The van der Waals surface area contributed by atoms with Crippen LogP contribution in [0.2, 0.25) is 0 Å². The molecule has 15 heavy (non-hydrogen) atoms. The summed E-state index contributed by atoms with van der Waals surface area (Å²) in [6.45, 7) is -0.118. The van der Waals surface area contributed by atoms with Gasteiger partial charge in [-0.1, -0.05) is 12.1 Å². The van der Waals surface area contributed by atoms with Gasteiger partial charge in [0.05, 0.1) is 19.8 Å². The predicted octanol–water partition coefficient (Wildman–Crippen LogP) is 0.438. The number of nitrogens with two attached hydrogens (primary N) is 1. The van der Waals surface area contributed by atoms with Gasteiger partial charge in [0, 0.05) is 6.04 Å². The highest BCUT2D eigenvalue weighted by atomic mass is 16.5. The molecular weight excluding hydrogens is 194 g/mol. The van der Waals surface area contributed by atoms with Gasteiger partial charge in [0.15, 0.2) is 0 Å². The number of hydrogen-bond acceptors (Lipinski definition) is 4. The van der Waals surface area contributed by atoms with Crippen LogP contribution in [0.1, 0.15) is 18.1 Å². The molecule has 84 valence electrons. The van der Waals surface area contributed by atoms with Crippen LogP contribution in [-0.4, -0.2) is 30.0 Å². The van der Waals surface area contributed by atoms with Gasteiger partial charge in [-0.05, 0) is 24.1 Å². The highest BCUT2D eigenvalue weighted by Gasteiger charge is 2.11. The van der Waals surface area contributed by atoms with E-state index in [1.54, 1.807) is 31.4 Å². The van der Waals surface area contributed by atoms with E-state index in [1.807, 2.05) is 0 Å². The van der Waals surface area contributed by atoms with Gasteiger partial charge in [0.2, 0.25) is 0 Å². The van der Waals surface area contributed by atoms with Crippen molar-refractivity contribution < 1.29 is 14.9 Å². The SMILES string of the molecule is COc1ccc([C@H](O)C[C@@H](N)CO)cc1. The third-order valence-corrected chi connectivity index (χ3v) is 2.26. The average molecular weight is 211 g/mol. The van der Waals surface area contributed by atoms with Crippen LogP contribution in [-0.2, 0) is 0 Å². The Kier molecular flexibility index (Phi) is 4.55. The molecule has 2 atom stereocenters. The molecule has 0 aliphatic carbocycles. The zero-order chi connectivity index (χ0) is 11.3. The molecule has 0 heterocycles. The van der Waals surface area contributed by atoms with Crippen molar-refractivity contribution >= 4 is 0 Å². The fraction of sp³-hybridized carbons (Fsp3) is 0.455. The molecule has 0 amide bonds. The Bertz CT molecular complexity index is 286. The molecule has 0 bridgehead atoms. The van der Waals surface area contributed by atoms with Gasteiger partial charge >= 0.3 is 0 Å². The standard InChI is InChI=1S/C11H17NO3/c1-15-10-4-2-8(3-5-10)11(14)6-9(12)7-13/h2-5,9,11,13-14H,6-7,12H2,1H3/t9-,11-/m1/s1. The van der Waals surface area contributed by atoms with E-state index < -0.39 is 6.10 Å². The maximum atomic E-state index is 9.75. The molecule has 4 N–H and O–H groups in total. The Morgan fingerprint density at radius 3 is 2.40 bits per heavy atom. The lowest BCUT2D eigenvalue weighted by molar-refractivity contribution is 0.140. The van der Waals surface area contributed by atoms with Crippen LogP contribution in [0.25, 0.3) is 0 Å². The quantitative estimate of drug-likeness (QED) is 0.660. The Morgan fingerprint density at radius 2 is 1.93 bits per heavy atom. The van der Waals surface area contributed by atoms with Crippen LogP contribution in [0.3, 0.4) is 0 Å². The van der Waals surface area contributed by atoms with E-state index in [2.05, 4.69) is 0 Å². The van der Waals surface area contributed by atoms with Crippen molar-refractivity contribution in [1.82, 2.24) is 0 Å². The zero-order valence-electron chi connectivity index (χ0n) is 8.76. The molecule has 0 radical (unpaired) electrons. The number of aliphatic hydroxyl groups excluding tert-OH is 2. The summed E-state index contributed by atoms with van der Waals surface area (Å²) in [4.78, 5) is 0. The first kappa shape index (κ1) is 12.0. The van der Waals surface area contributed by atoms with E-state index >= 15 is 0 Å². The third kappa shape index (κ3) is 3.51. The molecule has 0 aliphatic heterocycles. The monoisotopic (exact) mass is 211 g/mol. The molecule has 0 spiro atoms. The van der Waals surface area contributed by atoms with Crippen LogP contribution >= 0.6 is 0 Å². The smallest absolute Gasteiger partial charge is 0.118 e. The molecule has 0 fully saturated rings. The second kappa shape index (κ2) is 5.70. The second-order valence-electron chi connectivity index (χ2n) is 3.47. The highest BCUT2D eigenvalue weighted by Crippen LogP contribution is 2.20. The molecule has 4 nitrogen and oxygen atoms in total.